The van der Waals surface area contributed by atoms with Gasteiger partial charge in [-0.1, -0.05) is 0 Å². The summed E-state index contributed by atoms with van der Waals surface area (Å²) in [6.45, 7) is 2.45. The minimum atomic E-state index is -0.276. The molecule has 0 aliphatic heterocycles. The molecule has 0 amide bonds. The Kier molecular flexibility index (Phi) is 2.79. The summed E-state index contributed by atoms with van der Waals surface area (Å²) in [7, 11) is 0. The molecule has 1 fully saturated rings. The van der Waals surface area contributed by atoms with Crippen molar-refractivity contribution in [1.82, 2.24) is 25.5 Å². The Hall–Kier alpha value is -1.82. The lowest BCUT2D eigenvalue weighted by molar-refractivity contribution is 0.616. The summed E-state index contributed by atoms with van der Waals surface area (Å²) in [6.07, 6.45) is 2.42. The predicted octanol–water partition coefficient (Wildman–Crippen LogP) is 1.36. The first-order chi connectivity index (χ1) is 8.72. The van der Waals surface area contributed by atoms with E-state index in [4.69, 9.17) is 0 Å². The van der Waals surface area contributed by atoms with Crippen LogP contribution in [0.5, 0.6) is 0 Å². The number of nitrogens with zero attached hydrogens (tertiary/aromatic N) is 4. The topological polar surface area (TPSA) is 55.6 Å². The van der Waals surface area contributed by atoms with Crippen molar-refractivity contribution in [2.45, 2.75) is 32.4 Å². The summed E-state index contributed by atoms with van der Waals surface area (Å²) in [5, 5.41) is 14.9. The molecule has 0 saturated heterocycles. The van der Waals surface area contributed by atoms with Crippen LogP contribution < -0.4 is 5.32 Å². The van der Waals surface area contributed by atoms with E-state index in [2.05, 4.69) is 20.8 Å². The molecular weight excluding hydrogens is 233 g/mol. The SMILES string of the molecule is Cc1cc(F)cc(-n2nnnc2CNC2CC2)c1. The van der Waals surface area contributed by atoms with Gasteiger partial charge in [-0.05, 0) is 54.0 Å². The summed E-state index contributed by atoms with van der Waals surface area (Å²) in [5.74, 6) is 0.425. The van der Waals surface area contributed by atoms with Gasteiger partial charge in [-0.15, -0.1) is 5.10 Å². The standard InChI is InChI=1S/C12H14FN5/c1-8-4-9(13)6-11(5-8)18-12(15-16-17-18)7-14-10-2-3-10/h4-6,10,14H,2-3,7H2,1H3. The molecule has 6 heteroatoms. The van der Waals surface area contributed by atoms with E-state index in [1.54, 1.807) is 4.68 Å². The number of aryl methyl sites for hydroxylation is 1. The average molecular weight is 247 g/mol. The Morgan fingerprint density at radius 1 is 1.39 bits per heavy atom. The fraction of sp³-hybridized carbons (Fsp3) is 0.417. The third kappa shape index (κ3) is 2.38. The molecule has 1 saturated carbocycles. The second kappa shape index (κ2) is 4.45. The van der Waals surface area contributed by atoms with E-state index in [0.717, 1.165) is 5.56 Å². The Balaban J connectivity index is 1.87. The molecule has 1 aliphatic rings. The second-order valence-corrected chi connectivity index (χ2v) is 4.65. The number of hydrogen-bond donors (Lipinski definition) is 1. The maximum atomic E-state index is 13.4. The highest BCUT2D eigenvalue weighted by atomic mass is 19.1. The lowest BCUT2D eigenvalue weighted by atomic mass is 10.2. The van der Waals surface area contributed by atoms with Crippen LogP contribution >= 0.6 is 0 Å². The molecule has 5 nitrogen and oxygen atoms in total. The normalized spacial score (nSPS) is 15.0. The van der Waals surface area contributed by atoms with Gasteiger partial charge in [-0.2, -0.15) is 4.68 Å². The Labute approximate surface area is 104 Å². The highest BCUT2D eigenvalue weighted by Gasteiger charge is 2.21. The molecular formula is C12H14FN5. The van der Waals surface area contributed by atoms with Gasteiger partial charge in [-0.25, -0.2) is 4.39 Å². The maximum absolute atomic E-state index is 13.4. The molecule has 1 aliphatic carbocycles. The molecule has 0 bridgehead atoms. The fourth-order valence-corrected chi connectivity index (χ4v) is 1.88. The van der Waals surface area contributed by atoms with Gasteiger partial charge in [0.15, 0.2) is 5.82 Å². The monoisotopic (exact) mass is 247 g/mol. The first-order valence-corrected chi connectivity index (χ1v) is 6.00. The van der Waals surface area contributed by atoms with E-state index in [0.29, 0.717) is 24.1 Å². The largest absolute Gasteiger partial charge is 0.307 e. The Bertz CT molecular complexity index is 541. The second-order valence-electron chi connectivity index (χ2n) is 4.65. The zero-order valence-corrected chi connectivity index (χ0v) is 10.1. The van der Waals surface area contributed by atoms with Gasteiger partial charge in [0.25, 0.3) is 0 Å². The van der Waals surface area contributed by atoms with Crippen LogP contribution in [0.3, 0.4) is 0 Å². The maximum Gasteiger partial charge on any atom is 0.170 e. The highest BCUT2D eigenvalue weighted by Crippen LogP contribution is 2.19. The van der Waals surface area contributed by atoms with E-state index < -0.39 is 0 Å². The van der Waals surface area contributed by atoms with Crippen LogP contribution in [0.1, 0.15) is 24.2 Å². The Morgan fingerprint density at radius 2 is 2.22 bits per heavy atom. The number of hydrogen-bond acceptors (Lipinski definition) is 4. The van der Waals surface area contributed by atoms with E-state index in [9.17, 15) is 4.39 Å². The lowest BCUT2D eigenvalue weighted by Gasteiger charge is -2.06. The van der Waals surface area contributed by atoms with Crippen LogP contribution in [0.25, 0.3) is 5.69 Å². The van der Waals surface area contributed by atoms with Crippen molar-refractivity contribution in [1.29, 1.82) is 0 Å². The van der Waals surface area contributed by atoms with Gasteiger partial charge in [-0.3, -0.25) is 0 Å². The number of halogens is 1. The van der Waals surface area contributed by atoms with Gasteiger partial charge in [0.1, 0.15) is 5.82 Å². The van der Waals surface area contributed by atoms with Gasteiger partial charge >= 0.3 is 0 Å². The summed E-state index contributed by atoms with van der Waals surface area (Å²) < 4.78 is 15.0. The molecule has 0 atom stereocenters. The molecule has 3 rings (SSSR count). The van der Waals surface area contributed by atoms with Crippen LogP contribution in [0.4, 0.5) is 4.39 Å². The highest BCUT2D eigenvalue weighted by molar-refractivity contribution is 5.35. The molecule has 1 heterocycles. The van der Waals surface area contributed by atoms with Crippen molar-refractivity contribution in [2.24, 2.45) is 0 Å². The molecule has 0 spiro atoms. The van der Waals surface area contributed by atoms with Gasteiger partial charge < -0.3 is 5.32 Å². The van der Waals surface area contributed by atoms with Crippen LogP contribution in [-0.4, -0.2) is 26.2 Å². The quantitative estimate of drug-likeness (QED) is 0.886. The molecule has 1 aromatic carbocycles. The first kappa shape index (κ1) is 11.3. The fourth-order valence-electron chi connectivity index (χ4n) is 1.88. The summed E-state index contributed by atoms with van der Waals surface area (Å²) in [5.41, 5.74) is 1.51. The van der Waals surface area contributed by atoms with Crippen LogP contribution in [-0.2, 0) is 6.54 Å². The molecule has 1 N–H and O–H groups in total. The third-order valence-corrected chi connectivity index (χ3v) is 2.93. The number of nitrogens with one attached hydrogen (secondary N) is 1. The van der Waals surface area contributed by atoms with E-state index >= 15 is 0 Å². The molecule has 18 heavy (non-hydrogen) atoms. The van der Waals surface area contributed by atoms with E-state index in [1.807, 2.05) is 13.0 Å². The molecule has 1 aromatic heterocycles. The molecule has 0 unspecified atom stereocenters. The van der Waals surface area contributed by atoms with Crippen molar-refractivity contribution in [3.63, 3.8) is 0 Å². The first-order valence-electron chi connectivity index (χ1n) is 6.00. The summed E-state index contributed by atoms with van der Waals surface area (Å²) >= 11 is 0. The number of benzene rings is 1. The van der Waals surface area contributed by atoms with Crippen molar-refractivity contribution in [2.75, 3.05) is 0 Å². The minimum absolute atomic E-state index is 0.276. The van der Waals surface area contributed by atoms with Crippen molar-refractivity contribution < 1.29 is 4.39 Å². The van der Waals surface area contributed by atoms with Crippen LogP contribution in [0.2, 0.25) is 0 Å². The smallest absolute Gasteiger partial charge is 0.170 e. The van der Waals surface area contributed by atoms with Gasteiger partial charge in [0.05, 0.1) is 12.2 Å². The van der Waals surface area contributed by atoms with Crippen LogP contribution in [0.15, 0.2) is 18.2 Å². The van der Waals surface area contributed by atoms with Crippen molar-refractivity contribution >= 4 is 0 Å². The molecule has 94 valence electrons. The van der Waals surface area contributed by atoms with Gasteiger partial charge in [0.2, 0.25) is 0 Å². The number of tetrazole rings is 1. The predicted molar refractivity (Wildman–Crippen MR) is 63.7 cm³/mol. The summed E-state index contributed by atoms with van der Waals surface area (Å²) in [6, 6.07) is 5.37. The minimum Gasteiger partial charge on any atom is -0.307 e. The van der Waals surface area contributed by atoms with Crippen LogP contribution in [0, 0.1) is 12.7 Å². The van der Waals surface area contributed by atoms with E-state index in [1.165, 1.54) is 25.0 Å². The molecule has 0 radical (unpaired) electrons. The lowest BCUT2D eigenvalue weighted by Crippen LogP contribution is -2.19. The summed E-state index contributed by atoms with van der Waals surface area (Å²) in [4.78, 5) is 0. The number of rotatable bonds is 4. The van der Waals surface area contributed by atoms with Gasteiger partial charge in [0, 0.05) is 6.04 Å². The zero-order chi connectivity index (χ0) is 12.5. The van der Waals surface area contributed by atoms with Crippen molar-refractivity contribution in [3.05, 3.63) is 35.4 Å². The third-order valence-electron chi connectivity index (χ3n) is 2.93. The zero-order valence-electron chi connectivity index (χ0n) is 10.1. The Morgan fingerprint density at radius 3 is 2.94 bits per heavy atom. The average Bonchev–Trinajstić information content (AvgIpc) is 3.02. The van der Waals surface area contributed by atoms with Crippen molar-refractivity contribution in [3.8, 4) is 5.69 Å². The number of aromatic nitrogens is 4. The molecule has 2 aromatic rings. The van der Waals surface area contributed by atoms with E-state index in [-0.39, 0.29) is 5.82 Å².